The minimum Gasteiger partial charge on any atom is -0.598 e. The number of nitrogens with zero attached hydrogens (tertiary/aromatic N) is 1. The topological polar surface area (TPSA) is 61.1 Å². The second kappa shape index (κ2) is 4.33. The van der Waals surface area contributed by atoms with E-state index >= 15 is 0 Å². The van der Waals surface area contributed by atoms with Crippen LogP contribution in [0.5, 0.6) is 0 Å². The molecule has 0 saturated heterocycles. The SMILES string of the molecule is CC(N[S+]([O-])C(C)(C)C)c1cnco1. The molecule has 1 aromatic heterocycles. The number of rotatable bonds is 3. The quantitative estimate of drug-likeness (QED) is 0.782. The van der Waals surface area contributed by atoms with Gasteiger partial charge >= 0.3 is 0 Å². The number of oxazole rings is 1. The molecule has 0 bridgehead atoms. The Bertz CT molecular complexity index is 269. The third-order valence-electron chi connectivity index (χ3n) is 1.72. The molecule has 0 spiro atoms. The molecule has 0 radical (unpaired) electrons. The van der Waals surface area contributed by atoms with Crippen molar-refractivity contribution in [3.63, 3.8) is 0 Å². The lowest BCUT2D eigenvalue weighted by atomic mass is 10.3. The highest BCUT2D eigenvalue weighted by molar-refractivity contribution is 7.90. The summed E-state index contributed by atoms with van der Waals surface area (Å²) in [4.78, 5) is 3.81. The van der Waals surface area contributed by atoms with Crippen LogP contribution in [0.25, 0.3) is 0 Å². The van der Waals surface area contributed by atoms with Crippen LogP contribution in [0.2, 0.25) is 0 Å². The number of hydrogen-bond acceptors (Lipinski definition) is 4. The van der Waals surface area contributed by atoms with Gasteiger partial charge in [-0.15, -0.1) is 4.72 Å². The normalized spacial score (nSPS) is 16.6. The van der Waals surface area contributed by atoms with Crippen LogP contribution in [0, 0.1) is 0 Å². The van der Waals surface area contributed by atoms with Gasteiger partial charge in [-0.2, -0.15) is 0 Å². The van der Waals surface area contributed by atoms with E-state index in [4.69, 9.17) is 4.42 Å². The van der Waals surface area contributed by atoms with E-state index in [2.05, 4.69) is 9.71 Å². The number of hydrogen-bond donors (Lipinski definition) is 1. The Labute approximate surface area is 87.4 Å². The van der Waals surface area contributed by atoms with Gasteiger partial charge in [-0.05, 0) is 27.7 Å². The molecular formula is C9H16N2O2S. The van der Waals surface area contributed by atoms with Gasteiger partial charge in [-0.1, -0.05) is 0 Å². The molecule has 1 aromatic rings. The van der Waals surface area contributed by atoms with E-state index in [0.29, 0.717) is 5.76 Å². The second-order valence-electron chi connectivity index (χ2n) is 4.12. The summed E-state index contributed by atoms with van der Waals surface area (Å²) in [6, 6.07) is -0.0856. The Balaban J connectivity index is 2.53. The smallest absolute Gasteiger partial charge is 0.180 e. The molecule has 1 rings (SSSR count). The van der Waals surface area contributed by atoms with Crippen LogP contribution < -0.4 is 4.72 Å². The number of aromatic nitrogens is 1. The lowest BCUT2D eigenvalue weighted by Crippen LogP contribution is -2.40. The molecule has 0 fully saturated rings. The Hall–Kier alpha value is -0.520. The minimum atomic E-state index is -1.09. The summed E-state index contributed by atoms with van der Waals surface area (Å²) < 4.78 is 19.5. The van der Waals surface area contributed by atoms with Gasteiger partial charge < -0.3 is 8.97 Å². The second-order valence-corrected chi connectivity index (χ2v) is 6.12. The van der Waals surface area contributed by atoms with Gasteiger partial charge in [0.05, 0.1) is 6.20 Å². The first kappa shape index (κ1) is 11.6. The van der Waals surface area contributed by atoms with Gasteiger partial charge in [0.15, 0.2) is 6.39 Å². The van der Waals surface area contributed by atoms with Crippen LogP contribution >= 0.6 is 0 Å². The summed E-state index contributed by atoms with van der Waals surface area (Å²) in [5, 5.41) is 0. The third-order valence-corrected chi connectivity index (χ3v) is 3.40. The maximum absolute atomic E-state index is 11.7. The maximum Gasteiger partial charge on any atom is 0.180 e. The summed E-state index contributed by atoms with van der Waals surface area (Å²) in [6.45, 7) is 7.65. The average molecular weight is 216 g/mol. The summed E-state index contributed by atoms with van der Waals surface area (Å²) in [7, 11) is 0. The highest BCUT2D eigenvalue weighted by Crippen LogP contribution is 2.18. The van der Waals surface area contributed by atoms with Crippen LogP contribution in [-0.4, -0.2) is 14.3 Å². The largest absolute Gasteiger partial charge is 0.598 e. The molecule has 0 aliphatic carbocycles. The third kappa shape index (κ3) is 3.01. The Morgan fingerprint density at radius 1 is 1.57 bits per heavy atom. The molecule has 0 aromatic carbocycles. The van der Waals surface area contributed by atoms with Crippen molar-refractivity contribution in [1.29, 1.82) is 0 Å². The predicted molar refractivity (Wildman–Crippen MR) is 55.9 cm³/mol. The van der Waals surface area contributed by atoms with E-state index in [0.717, 1.165) is 0 Å². The summed E-state index contributed by atoms with van der Waals surface area (Å²) in [5.74, 6) is 0.697. The van der Waals surface area contributed by atoms with Crippen molar-refractivity contribution < 1.29 is 8.97 Å². The molecule has 0 aliphatic heterocycles. The summed E-state index contributed by atoms with van der Waals surface area (Å²) in [6.07, 6.45) is 2.99. The zero-order valence-corrected chi connectivity index (χ0v) is 9.72. The van der Waals surface area contributed by atoms with E-state index in [9.17, 15) is 4.55 Å². The lowest BCUT2D eigenvalue weighted by molar-refractivity contribution is 0.451. The standard InChI is InChI=1S/C9H16N2O2S/c1-7(8-5-10-6-13-8)11-14(12)9(2,3)4/h5-7,11H,1-4H3. The fourth-order valence-electron chi connectivity index (χ4n) is 0.835. The molecule has 14 heavy (non-hydrogen) atoms. The van der Waals surface area contributed by atoms with E-state index in [-0.39, 0.29) is 10.8 Å². The maximum atomic E-state index is 11.7. The van der Waals surface area contributed by atoms with Crippen molar-refractivity contribution in [1.82, 2.24) is 9.71 Å². The van der Waals surface area contributed by atoms with Crippen LogP contribution in [0.3, 0.4) is 0 Å². The van der Waals surface area contributed by atoms with Crippen molar-refractivity contribution in [2.45, 2.75) is 38.5 Å². The van der Waals surface area contributed by atoms with Gasteiger partial charge in [-0.3, -0.25) is 0 Å². The average Bonchev–Trinajstić information content (AvgIpc) is 2.53. The molecule has 4 nitrogen and oxygen atoms in total. The Morgan fingerprint density at radius 2 is 2.21 bits per heavy atom. The molecule has 0 saturated carbocycles. The monoisotopic (exact) mass is 216 g/mol. The van der Waals surface area contributed by atoms with E-state index in [1.54, 1.807) is 6.20 Å². The van der Waals surface area contributed by atoms with E-state index < -0.39 is 11.4 Å². The number of nitrogens with one attached hydrogen (secondary N) is 1. The lowest BCUT2D eigenvalue weighted by Gasteiger charge is -2.25. The van der Waals surface area contributed by atoms with E-state index in [1.165, 1.54) is 6.39 Å². The fraction of sp³-hybridized carbons (Fsp3) is 0.667. The van der Waals surface area contributed by atoms with Crippen molar-refractivity contribution in [2.75, 3.05) is 0 Å². The van der Waals surface area contributed by atoms with Crippen LogP contribution in [0.4, 0.5) is 0 Å². The zero-order valence-electron chi connectivity index (χ0n) is 8.90. The Morgan fingerprint density at radius 3 is 2.64 bits per heavy atom. The van der Waals surface area contributed by atoms with Crippen LogP contribution in [-0.2, 0) is 11.4 Å². The first-order valence-electron chi connectivity index (χ1n) is 4.47. The van der Waals surface area contributed by atoms with Crippen LogP contribution in [0.1, 0.15) is 39.5 Å². The highest BCUT2D eigenvalue weighted by Gasteiger charge is 2.28. The van der Waals surface area contributed by atoms with Crippen molar-refractivity contribution in [3.05, 3.63) is 18.4 Å². The molecule has 2 atom stereocenters. The van der Waals surface area contributed by atoms with Crippen molar-refractivity contribution in [3.8, 4) is 0 Å². The van der Waals surface area contributed by atoms with Gasteiger partial charge in [0.2, 0.25) is 0 Å². The van der Waals surface area contributed by atoms with Crippen molar-refractivity contribution >= 4 is 11.4 Å². The molecular weight excluding hydrogens is 200 g/mol. The van der Waals surface area contributed by atoms with Crippen molar-refractivity contribution in [2.24, 2.45) is 0 Å². The zero-order chi connectivity index (χ0) is 10.8. The first-order chi connectivity index (χ1) is 6.41. The van der Waals surface area contributed by atoms with Gasteiger partial charge in [0.25, 0.3) is 0 Å². The van der Waals surface area contributed by atoms with E-state index in [1.807, 2.05) is 27.7 Å². The van der Waals surface area contributed by atoms with Crippen LogP contribution in [0.15, 0.2) is 17.0 Å². The van der Waals surface area contributed by atoms with Gasteiger partial charge in [0.1, 0.15) is 16.5 Å². The molecule has 0 amide bonds. The minimum absolute atomic E-state index is 0.0856. The predicted octanol–water partition coefficient (Wildman–Crippen LogP) is 1.79. The molecule has 5 heteroatoms. The Kier molecular flexibility index (Phi) is 3.58. The summed E-state index contributed by atoms with van der Waals surface area (Å²) in [5.41, 5.74) is 0. The highest BCUT2D eigenvalue weighted by atomic mass is 32.2. The fourth-order valence-corrected chi connectivity index (χ4v) is 1.63. The van der Waals surface area contributed by atoms with Gasteiger partial charge in [-0.25, -0.2) is 4.98 Å². The van der Waals surface area contributed by atoms with Gasteiger partial charge in [0, 0.05) is 11.4 Å². The molecule has 0 aliphatic rings. The molecule has 1 N–H and O–H groups in total. The molecule has 2 unspecified atom stereocenters. The first-order valence-corrected chi connectivity index (χ1v) is 5.62. The molecule has 1 heterocycles. The summed E-state index contributed by atoms with van der Waals surface area (Å²) >= 11 is -1.09. The molecule has 80 valence electrons.